The maximum atomic E-state index is 11.1. The maximum absolute atomic E-state index is 11.1. The number of rotatable bonds is 4. The third-order valence-corrected chi connectivity index (χ3v) is 6.64. The van der Waals surface area contributed by atoms with Crippen molar-refractivity contribution in [3.05, 3.63) is 36.0 Å². The predicted octanol–water partition coefficient (Wildman–Crippen LogP) is 2.75. The van der Waals surface area contributed by atoms with Gasteiger partial charge in [0.05, 0.1) is 12.3 Å². The van der Waals surface area contributed by atoms with Gasteiger partial charge in [-0.15, -0.1) is 0 Å². The second-order valence-corrected chi connectivity index (χ2v) is 8.70. The first kappa shape index (κ1) is 18.5. The zero-order valence-corrected chi connectivity index (χ0v) is 16.9. The van der Waals surface area contributed by atoms with Gasteiger partial charge in [-0.05, 0) is 42.8 Å². The Labute approximate surface area is 170 Å². The highest BCUT2D eigenvalue weighted by Gasteiger charge is 2.50. The number of likely N-dealkylation sites (tertiary alicyclic amines) is 2. The summed E-state index contributed by atoms with van der Waals surface area (Å²) in [5.41, 5.74) is 2.44. The van der Waals surface area contributed by atoms with Crippen LogP contribution in [-0.2, 0) is 22.7 Å². The molecule has 154 valence electrons. The average molecular weight is 396 g/mol. The smallest absolute Gasteiger partial charge is 0.306 e. The van der Waals surface area contributed by atoms with Gasteiger partial charge >= 0.3 is 5.97 Å². The van der Waals surface area contributed by atoms with Gasteiger partial charge in [-0.3, -0.25) is 9.69 Å². The molecule has 1 N–H and O–H groups in total. The van der Waals surface area contributed by atoms with Crippen LogP contribution in [0.1, 0.15) is 31.7 Å². The molecule has 0 amide bonds. The number of oxime groups is 1. The molecule has 0 atom stereocenters. The van der Waals surface area contributed by atoms with Crippen LogP contribution >= 0.6 is 0 Å². The molecule has 1 aromatic carbocycles. The van der Waals surface area contributed by atoms with E-state index in [4.69, 9.17) is 9.94 Å². The summed E-state index contributed by atoms with van der Waals surface area (Å²) in [5.74, 6) is 0.105. The van der Waals surface area contributed by atoms with Crippen molar-refractivity contribution in [2.75, 3.05) is 26.2 Å². The quantitative estimate of drug-likeness (QED) is 0.861. The fraction of sp³-hybridized carbons (Fsp3) is 0.545. The minimum atomic E-state index is -0.676. The minimum absolute atomic E-state index is 0.188. The summed E-state index contributed by atoms with van der Waals surface area (Å²) in [7, 11) is 0. The van der Waals surface area contributed by atoms with Crippen molar-refractivity contribution in [3.8, 4) is 0 Å². The molecule has 0 bridgehead atoms. The molecule has 2 saturated heterocycles. The first-order chi connectivity index (χ1) is 14.0. The van der Waals surface area contributed by atoms with Gasteiger partial charge in [-0.25, -0.2) is 0 Å². The van der Waals surface area contributed by atoms with Gasteiger partial charge in [0.25, 0.3) is 0 Å². The molecule has 2 aromatic rings. The van der Waals surface area contributed by atoms with Crippen molar-refractivity contribution < 1.29 is 14.7 Å². The Morgan fingerprint density at radius 1 is 1.28 bits per heavy atom. The van der Waals surface area contributed by atoms with Crippen LogP contribution < -0.4 is 0 Å². The Kier molecular flexibility index (Phi) is 4.50. The molecule has 7 heteroatoms. The van der Waals surface area contributed by atoms with Crippen molar-refractivity contribution in [3.63, 3.8) is 0 Å². The first-order valence-corrected chi connectivity index (χ1v) is 10.6. The van der Waals surface area contributed by atoms with Gasteiger partial charge in [0.1, 0.15) is 5.84 Å². The number of carbonyl (C=O) groups is 1. The Morgan fingerprint density at radius 2 is 2.07 bits per heavy atom. The predicted molar refractivity (Wildman–Crippen MR) is 111 cm³/mol. The molecular weight excluding hydrogens is 368 g/mol. The number of benzene rings is 1. The topological polar surface area (TPSA) is 70.3 Å². The lowest BCUT2D eigenvalue weighted by atomic mass is 9.89. The van der Waals surface area contributed by atoms with E-state index < -0.39 is 5.97 Å². The van der Waals surface area contributed by atoms with Gasteiger partial charge in [0.2, 0.25) is 0 Å². The number of piperidine rings is 1. The molecule has 1 spiro atoms. The van der Waals surface area contributed by atoms with Crippen LogP contribution in [0, 0.1) is 5.92 Å². The van der Waals surface area contributed by atoms with Crippen LogP contribution in [0.5, 0.6) is 0 Å². The van der Waals surface area contributed by atoms with Crippen LogP contribution in [0.15, 0.2) is 35.6 Å². The van der Waals surface area contributed by atoms with Crippen LogP contribution in [0.3, 0.4) is 0 Å². The van der Waals surface area contributed by atoms with Crippen LogP contribution in [0.2, 0.25) is 0 Å². The van der Waals surface area contributed by atoms with Crippen molar-refractivity contribution in [1.82, 2.24) is 14.4 Å². The average Bonchev–Trinajstić information content (AvgIpc) is 3.32. The third kappa shape index (κ3) is 3.37. The molecule has 3 aliphatic heterocycles. The summed E-state index contributed by atoms with van der Waals surface area (Å²) in [6, 6.07) is 8.90. The van der Waals surface area contributed by atoms with E-state index in [0.29, 0.717) is 12.8 Å². The number of aromatic nitrogens is 1. The maximum Gasteiger partial charge on any atom is 0.306 e. The highest BCUT2D eigenvalue weighted by molar-refractivity contribution is 5.84. The van der Waals surface area contributed by atoms with Crippen molar-refractivity contribution in [2.24, 2.45) is 11.1 Å². The van der Waals surface area contributed by atoms with E-state index in [1.807, 2.05) is 0 Å². The summed E-state index contributed by atoms with van der Waals surface area (Å²) >= 11 is 0. The molecule has 3 aliphatic rings. The zero-order valence-electron chi connectivity index (χ0n) is 16.9. The second kappa shape index (κ2) is 7.06. The molecule has 0 unspecified atom stereocenters. The van der Waals surface area contributed by atoms with Crippen molar-refractivity contribution in [1.29, 1.82) is 0 Å². The van der Waals surface area contributed by atoms with Crippen molar-refractivity contribution in [2.45, 2.75) is 44.9 Å². The Morgan fingerprint density at radius 3 is 2.79 bits per heavy atom. The fourth-order valence-corrected chi connectivity index (χ4v) is 4.97. The molecule has 4 heterocycles. The van der Waals surface area contributed by atoms with E-state index in [-0.39, 0.29) is 11.5 Å². The van der Waals surface area contributed by atoms with E-state index in [0.717, 1.165) is 51.5 Å². The summed E-state index contributed by atoms with van der Waals surface area (Å²) in [6.07, 6.45) is 4.36. The number of nitrogens with zero attached hydrogens (tertiary/aromatic N) is 4. The van der Waals surface area contributed by atoms with E-state index in [1.165, 1.54) is 16.5 Å². The number of carboxylic acids is 1. The fourth-order valence-electron chi connectivity index (χ4n) is 4.97. The molecule has 29 heavy (non-hydrogen) atoms. The van der Waals surface area contributed by atoms with Gasteiger partial charge in [0, 0.05) is 51.0 Å². The normalized spacial score (nSPS) is 22.0. The summed E-state index contributed by atoms with van der Waals surface area (Å²) < 4.78 is 2.28. The Balaban J connectivity index is 1.15. The molecule has 0 saturated carbocycles. The number of carboxylic acid groups (broad SMARTS) is 1. The van der Waals surface area contributed by atoms with Gasteiger partial charge in [-0.1, -0.05) is 17.3 Å². The highest BCUT2D eigenvalue weighted by atomic mass is 16.7. The van der Waals surface area contributed by atoms with E-state index in [2.05, 4.69) is 56.9 Å². The SMILES string of the molecule is CCn1ccc2ccc(CN3CC4(CC(N5CCC(C(=O)O)CC5)=NO4)C3)cc21. The van der Waals surface area contributed by atoms with Crippen LogP contribution in [0.4, 0.5) is 0 Å². The number of hydrogen-bond acceptors (Lipinski definition) is 5. The Bertz CT molecular complexity index is 952. The molecule has 0 radical (unpaired) electrons. The van der Waals surface area contributed by atoms with Crippen molar-refractivity contribution >= 4 is 22.7 Å². The largest absolute Gasteiger partial charge is 0.481 e. The van der Waals surface area contributed by atoms with Gasteiger partial charge in [0.15, 0.2) is 5.60 Å². The standard InChI is InChI=1S/C22H28N4O3/c1-2-25-8-5-17-4-3-16(11-19(17)25)13-24-14-22(15-24)12-20(23-29-22)26-9-6-18(7-10-26)21(27)28/h3-5,8,11,18H,2,6-7,9-10,12-15H2,1H3,(H,27,28). The molecule has 1 aromatic heterocycles. The lowest BCUT2D eigenvalue weighted by molar-refractivity contribution is -0.143. The van der Waals surface area contributed by atoms with Gasteiger partial charge < -0.3 is 19.4 Å². The monoisotopic (exact) mass is 396 g/mol. The minimum Gasteiger partial charge on any atom is -0.481 e. The molecule has 7 nitrogen and oxygen atoms in total. The van der Waals surface area contributed by atoms with Crippen LogP contribution in [0.25, 0.3) is 10.9 Å². The molecule has 0 aliphatic carbocycles. The van der Waals surface area contributed by atoms with E-state index >= 15 is 0 Å². The zero-order chi connectivity index (χ0) is 20.0. The number of amidine groups is 1. The second-order valence-electron chi connectivity index (χ2n) is 8.70. The van der Waals surface area contributed by atoms with Gasteiger partial charge in [-0.2, -0.15) is 0 Å². The number of fused-ring (bicyclic) bond motifs is 1. The molecule has 5 rings (SSSR count). The first-order valence-electron chi connectivity index (χ1n) is 10.6. The number of aliphatic carboxylic acids is 1. The summed E-state index contributed by atoms with van der Waals surface area (Å²) in [6.45, 7) is 7.38. The highest BCUT2D eigenvalue weighted by Crippen LogP contribution is 2.36. The number of hydrogen-bond donors (Lipinski definition) is 1. The van der Waals surface area contributed by atoms with E-state index in [1.54, 1.807) is 0 Å². The Hall–Kier alpha value is -2.54. The lowest BCUT2D eigenvalue weighted by Crippen LogP contribution is -2.61. The summed E-state index contributed by atoms with van der Waals surface area (Å²) in [4.78, 5) is 21.6. The third-order valence-electron chi connectivity index (χ3n) is 6.64. The molecule has 2 fully saturated rings. The summed E-state index contributed by atoms with van der Waals surface area (Å²) in [5, 5.41) is 14.8. The number of aryl methyl sites for hydroxylation is 1. The lowest BCUT2D eigenvalue weighted by Gasteiger charge is -2.45. The van der Waals surface area contributed by atoms with Crippen LogP contribution in [-0.4, -0.2) is 63.1 Å². The molecular formula is C22H28N4O3. The van der Waals surface area contributed by atoms with E-state index in [9.17, 15) is 4.79 Å².